The maximum Gasteiger partial charge on any atom is 0.289 e. The van der Waals surface area contributed by atoms with Gasteiger partial charge in [-0.15, -0.1) is 12.4 Å². The third kappa shape index (κ3) is 4.50. The summed E-state index contributed by atoms with van der Waals surface area (Å²) in [5, 5.41) is 5.95. The molecular formula is C12H17BrClN3O3. The van der Waals surface area contributed by atoms with Gasteiger partial charge in [0.25, 0.3) is 5.91 Å². The molecule has 0 aromatic carbocycles. The van der Waals surface area contributed by atoms with Crippen LogP contribution in [0.25, 0.3) is 0 Å². The van der Waals surface area contributed by atoms with E-state index in [2.05, 4.69) is 26.6 Å². The second-order valence-corrected chi connectivity index (χ2v) is 5.37. The zero-order valence-electron chi connectivity index (χ0n) is 11.0. The lowest BCUT2D eigenvalue weighted by Crippen LogP contribution is -2.49. The minimum absolute atomic E-state index is 0. The molecule has 0 radical (unpaired) electrons. The Hall–Kier alpha value is -1.05. The van der Waals surface area contributed by atoms with Crippen molar-refractivity contribution in [3.63, 3.8) is 0 Å². The Kier molecular flexibility index (Phi) is 6.51. The Morgan fingerprint density at radius 3 is 2.70 bits per heavy atom. The van der Waals surface area contributed by atoms with E-state index in [0.717, 1.165) is 13.1 Å². The van der Waals surface area contributed by atoms with Crippen LogP contribution in [0.2, 0.25) is 0 Å². The van der Waals surface area contributed by atoms with Crippen molar-refractivity contribution in [1.29, 1.82) is 0 Å². The fourth-order valence-corrected chi connectivity index (χ4v) is 2.02. The van der Waals surface area contributed by atoms with Gasteiger partial charge in [-0.1, -0.05) is 0 Å². The van der Waals surface area contributed by atoms with Gasteiger partial charge in [-0.2, -0.15) is 0 Å². The second kappa shape index (κ2) is 7.66. The highest BCUT2D eigenvalue weighted by Crippen LogP contribution is 2.15. The number of carbonyl (C=O) groups is 2. The molecule has 2 rings (SSSR count). The van der Waals surface area contributed by atoms with Gasteiger partial charge in [0.2, 0.25) is 5.91 Å². The molecule has 6 nitrogen and oxygen atoms in total. The molecule has 1 aromatic heterocycles. The molecule has 2 heterocycles. The van der Waals surface area contributed by atoms with Crippen LogP contribution in [0.4, 0.5) is 0 Å². The first-order valence-corrected chi connectivity index (χ1v) is 6.84. The van der Waals surface area contributed by atoms with Gasteiger partial charge in [0.1, 0.15) is 0 Å². The number of hydrogen-bond donors (Lipinski definition) is 2. The van der Waals surface area contributed by atoms with Gasteiger partial charge < -0.3 is 20.0 Å². The van der Waals surface area contributed by atoms with Crippen molar-refractivity contribution in [3.8, 4) is 0 Å². The zero-order valence-corrected chi connectivity index (χ0v) is 13.4. The van der Waals surface area contributed by atoms with Crippen molar-refractivity contribution in [2.45, 2.75) is 0 Å². The van der Waals surface area contributed by atoms with Crippen molar-refractivity contribution >= 4 is 40.2 Å². The number of halogens is 2. The molecule has 2 N–H and O–H groups in total. The Morgan fingerprint density at radius 2 is 2.20 bits per heavy atom. The molecule has 0 bridgehead atoms. The van der Waals surface area contributed by atoms with E-state index in [0.29, 0.717) is 17.1 Å². The Labute approximate surface area is 131 Å². The largest absolute Gasteiger partial charge is 0.444 e. The topological polar surface area (TPSA) is 74.6 Å². The van der Waals surface area contributed by atoms with Gasteiger partial charge in [0, 0.05) is 32.6 Å². The fourth-order valence-electron chi connectivity index (χ4n) is 1.71. The molecule has 0 spiro atoms. The molecule has 1 aliphatic heterocycles. The Morgan fingerprint density at radius 1 is 1.50 bits per heavy atom. The van der Waals surface area contributed by atoms with Crippen LogP contribution in [-0.4, -0.2) is 49.9 Å². The summed E-state index contributed by atoms with van der Waals surface area (Å²) < 4.78 is 5.65. The van der Waals surface area contributed by atoms with Gasteiger partial charge in [0.15, 0.2) is 10.4 Å². The number of nitrogens with one attached hydrogen (secondary N) is 2. The normalized spacial score (nSPS) is 14.1. The third-order valence-electron chi connectivity index (χ3n) is 2.97. The Balaban J connectivity index is 0.00000200. The lowest BCUT2D eigenvalue weighted by Gasteiger charge is -2.27. The average molecular weight is 367 g/mol. The number of carbonyl (C=O) groups excluding carboxylic acids is 2. The lowest BCUT2D eigenvalue weighted by atomic mass is 10.0. The first-order chi connectivity index (χ1) is 9.06. The smallest absolute Gasteiger partial charge is 0.289 e. The molecule has 0 atom stereocenters. The zero-order chi connectivity index (χ0) is 13.8. The van der Waals surface area contributed by atoms with Crippen LogP contribution in [0.15, 0.2) is 21.2 Å². The summed E-state index contributed by atoms with van der Waals surface area (Å²) in [7, 11) is 1.57. The summed E-state index contributed by atoms with van der Waals surface area (Å²) in [6, 6.07) is 3.21. The molecule has 1 saturated heterocycles. The highest BCUT2D eigenvalue weighted by Gasteiger charge is 2.20. The molecule has 0 saturated carbocycles. The van der Waals surface area contributed by atoms with Gasteiger partial charge in [-0.25, -0.2) is 0 Å². The molecule has 0 unspecified atom stereocenters. The van der Waals surface area contributed by atoms with Gasteiger partial charge in [0.05, 0.1) is 6.54 Å². The number of nitrogens with zero attached hydrogens (tertiary/aromatic N) is 1. The number of furan rings is 1. The van der Waals surface area contributed by atoms with Crippen LogP contribution >= 0.6 is 28.3 Å². The highest BCUT2D eigenvalue weighted by molar-refractivity contribution is 9.10. The Bertz CT molecular complexity index is 476. The summed E-state index contributed by atoms with van der Waals surface area (Å²) in [4.78, 5) is 24.9. The summed E-state index contributed by atoms with van der Waals surface area (Å²) in [5.41, 5.74) is 0. The molecule has 1 fully saturated rings. The van der Waals surface area contributed by atoms with E-state index in [-0.39, 0.29) is 36.5 Å². The van der Waals surface area contributed by atoms with Crippen molar-refractivity contribution in [2.75, 3.05) is 33.2 Å². The van der Waals surface area contributed by atoms with E-state index in [1.807, 2.05) is 0 Å². The van der Waals surface area contributed by atoms with Crippen LogP contribution in [0, 0.1) is 5.92 Å². The summed E-state index contributed by atoms with van der Waals surface area (Å²) in [6.45, 7) is 2.56. The molecule has 1 aromatic rings. The number of amides is 2. The molecule has 8 heteroatoms. The van der Waals surface area contributed by atoms with Crippen LogP contribution in [-0.2, 0) is 4.79 Å². The molecular weight excluding hydrogens is 350 g/mol. The quantitative estimate of drug-likeness (QED) is 0.811. The first-order valence-electron chi connectivity index (χ1n) is 6.04. The van der Waals surface area contributed by atoms with E-state index in [4.69, 9.17) is 4.42 Å². The van der Waals surface area contributed by atoms with Crippen molar-refractivity contribution in [2.24, 2.45) is 5.92 Å². The number of rotatable bonds is 5. The second-order valence-electron chi connectivity index (χ2n) is 4.59. The van der Waals surface area contributed by atoms with Gasteiger partial charge in [-0.05, 0) is 28.1 Å². The lowest BCUT2D eigenvalue weighted by molar-refractivity contribution is -0.121. The molecule has 0 aliphatic carbocycles. The van der Waals surface area contributed by atoms with E-state index >= 15 is 0 Å². The molecule has 2 amide bonds. The van der Waals surface area contributed by atoms with E-state index in [9.17, 15) is 9.59 Å². The van der Waals surface area contributed by atoms with Crippen LogP contribution in [0.1, 0.15) is 10.6 Å². The van der Waals surface area contributed by atoms with E-state index in [1.165, 1.54) is 4.90 Å². The SMILES string of the molecule is CN(CC(=O)NCC1CNC1)C(=O)c1ccc(Br)o1.Cl. The number of hydrogen-bond acceptors (Lipinski definition) is 4. The maximum absolute atomic E-state index is 11.9. The third-order valence-corrected chi connectivity index (χ3v) is 3.39. The van der Waals surface area contributed by atoms with Gasteiger partial charge in [-0.3, -0.25) is 9.59 Å². The van der Waals surface area contributed by atoms with Crippen molar-refractivity contribution in [1.82, 2.24) is 15.5 Å². The maximum atomic E-state index is 11.9. The van der Waals surface area contributed by atoms with E-state index < -0.39 is 0 Å². The molecule has 1 aliphatic rings. The predicted octanol–water partition coefficient (Wildman–Crippen LogP) is 0.872. The minimum Gasteiger partial charge on any atom is -0.444 e. The molecule has 112 valence electrons. The molecule has 20 heavy (non-hydrogen) atoms. The monoisotopic (exact) mass is 365 g/mol. The fraction of sp³-hybridized carbons (Fsp3) is 0.500. The van der Waals surface area contributed by atoms with Crippen LogP contribution in [0.3, 0.4) is 0 Å². The average Bonchev–Trinajstić information content (AvgIpc) is 2.72. The van der Waals surface area contributed by atoms with Crippen molar-refractivity contribution < 1.29 is 14.0 Å². The standard InChI is InChI=1S/C12H16BrN3O3.ClH/c1-16(12(18)9-2-3-10(13)19-9)7-11(17)15-6-8-4-14-5-8;/h2-3,8,14H,4-7H2,1H3,(H,15,17);1H. The van der Waals surface area contributed by atoms with Crippen molar-refractivity contribution in [3.05, 3.63) is 22.6 Å². The summed E-state index contributed by atoms with van der Waals surface area (Å²) in [6.07, 6.45) is 0. The first kappa shape index (κ1) is 17.0. The van der Waals surface area contributed by atoms with E-state index in [1.54, 1.807) is 19.2 Å². The van der Waals surface area contributed by atoms with Gasteiger partial charge >= 0.3 is 0 Å². The summed E-state index contributed by atoms with van der Waals surface area (Å²) in [5.74, 6) is 0.246. The highest BCUT2D eigenvalue weighted by atomic mass is 79.9. The summed E-state index contributed by atoms with van der Waals surface area (Å²) >= 11 is 3.13. The predicted molar refractivity (Wildman–Crippen MR) is 80.0 cm³/mol. The van der Waals surface area contributed by atoms with Crippen LogP contribution in [0.5, 0.6) is 0 Å². The van der Waals surface area contributed by atoms with Crippen LogP contribution < -0.4 is 10.6 Å². The number of likely N-dealkylation sites (N-methyl/N-ethyl adjacent to an activating group) is 1. The minimum atomic E-state index is -0.314.